The third kappa shape index (κ3) is 5.03. The fourth-order valence-corrected chi connectivity index (χ4v) is 4.93. The number of piperidine rings is 2. The van der Waals surface area contributed by atoms with Crippen LogP contribution in [0, 0.1) is 5.41 Å². The van der Waals surface area contributed by atoms with Crippen molar-refractivity contribution in [2.45, 2.75) is 58.9 Å². The molecule has 1 aromatic carbocycles. The lowest BCUT2D eigenvalue weighted by atomic mass is 9.79. The van der Waals surface area contributed by atoms with Gasteiger partial charge in [0.2, 0.25) is 0 Å². The number of rotatable bonds is 2. The van der Waals surface area contributed by atoms with E-state index in [9.17, 15) is 14.7 Å². The van der Waals surface area contributed by atoms with Crippen LogP contribution in [0.2, 0.25) is 0 Å². The van der Waals surface area contributed by atoms with Crippen LogP contribution in [-0.4, -0.2) is 52.6 Å². The van der Waals surface area contributed by atoms with E-state index >= 15 is 0 Å². The Morgan fingerprint density at radius 3 is 2.14 bits per heavy atom. The number of carbonyl (C=O) groups is 2. The molecular weight excluding hydrogens is 432 g/mol. The zero-order chi connectivity index (χ0) is 21.2. The largest absolute Gasteiger partial charge is 0.465 e. The summed E-state index contributed by atoms with van der Waals surface area (Å²) in [5.41, 5.74) is 2.86. The maximum atomic E-state index is 12.7. The van der Waals surface area contributed by atoms with Crippen molar-refractivity contribution in [3.63, 3.8) is 0 Å². The van der Waals surface area contributed by atoms with E-state index in [1.807, 2.05) is 29.2 Å². The number of amides is 2. The molecule has 0 radical (unpaired) electrons. The summed E-state index contributed by atoms with van der Waals surface area (Å²) in [5.74, 6) is 0.114. The molecule has 29 heavy (non-hydrogen) atoms. The second kappa shape index (κ2) is 8.90. The smallest absolute Gasteiger partial charge is 0.407 e. The SMILES string of the molecule is CC(C)(C)C1CC(=C(Br)c2ccc(C(=O)N3CCCCC3)cc2)CCN1C(=O)O. The second-order valence-corrected chi connectivity index (χ2v) is 9.95. The molecule has 1 atom stereocenters. The van der Waals surface area contributed by atoms with Gasteiger partial charge in [-0.2, -0.15) is 0 Å². The van der Waals surface area contributed by atoms with Crippen LogP contribution in [0.3, 0.4) is 0 Å². The van der Waals surface area contributed by atoms with Crippen LogP contribution >= 0.6 is 15.9 Å². The van der Waals surface area contributed by atoms with Crippen molar-refractivity contribution in [1.29, 1.82) is 0 Å². The first-order valence-corrected chi connectivity index (χ1v) is 11.2. The molecule has 5 nitrogen and oxygen atoms in total. The Balaban J connectivity index is 1.78. The molecule has 2 fully saturated rings. The summed E-state index contributed by atoms with van der Waals surface area (Å²) < 4.78 is 1.02. The van der Waals surface area contributed by atoms with Gasteiger partial charge in [-0.25, -0.2) is 4.79 Å². The molecule has 2 heterocycles. The van der Waals surface area contributed by atoms with Crippen LogP contribution in [0.15, 0.2) is 29.8 Å². The normalized spacial score (nSPS) is 22.4. The van der Waals surface area contributed by atoms with E-state index in [4.69, 9.17) is 0 Å². The fourth-order valence-electron chi connectivity index (χ4n) is 4.30. The summed E-state index contributed by atoms with van der Waals surface area (Å²) in [7, 11) is 0. The average molecular weight is 463 g/mol. The molecular formula is C23H31BrN2O3. The molecule has 0 saturated carbocycles. The number of halogens is 1. The van der Waals surface area contributed by atoms with Crippen molar-refractivity contribution >= 4 is 32.4 Å². The first-order valence-electron chi connectivity index (χ1n) is 10.5. The molecule has 2 aliphatic rings. The van der Waals surface area contributed by atoms with Crippen molar-refractivity contribution in [3.05, 3.63) is 41.0 Å². The van der Waals surface area contributed by atoms with Crippen LogP contribution in [0.5, 0.6) is 0 Å². The van der Waals surface area contributed by atoms with E-state index in [2.05, 4.69) is 36.7 Å². The van der Waals surface area contributed by atoms with E-state index in [-0.39, 0.29) is 17.4 Å². The van der Waals surface area contributed by atoms with Gasteiger partial charge in [0.1, 0.15) is 0 Å². The molecule has 0 bridgehead atoms. The quantitative estimate of drug-likeness (QED) is 0.621. The van der Waals surface area contributed by atoms with Gasteiger partial charge in [-0.05, 0) is 55.2 Å². The molecule has 2 amide bonds. The summed E-state index contributed by atoms with van der Waals surface area (Å²) in [6.07, 6.45) is 3.96. The molecule has 2 saturated heterocycles. The summed E-state index contributed by atoms with van der Waals surface area (Å²) in [4.78, 5) is 27.8. The summed E-state index contributed by atoms with van der Waals surface area (Å²) in [6.45, 7) is 8.47. The minimum Gasteiger partial charge on any atom is -0.465 e. The number of carbonyl (C=O) groups excluding carboxylic acids is 1. The van der Waals surface area contributed by atoms with E-state index in [0.717, 1.165) is 41.5 Å². The summed E-state index contributed by atoms with van der Waals surface area (Å²) in [5, 5.41) is 9.57. The van der Waals surface area contributed by atoms with Crippen molar-refractivity contribution in [3.8, 4) is 0 Å². The second-order valence-electron chi connectivity index (χ2n) is 9.16. The Morgan fingerprint density at radius 2 is 1.59 bits per heavy atom. The van der Waals surface area contributed by atoms with Crippen molar-refractivity contribution in [2.24, 2.45) is 5.41 Å². The van der Waals surface area contributed by atoms with E-state index in [1.165, 1.54) is 12.0 Å². The third-order valence-electron chi connectivity index (χ3n) is 6.05. The fraction of sp³-hybridized carbons (Fsp3) is 0.565. The summed E-state index contributed by atoms with van der Waals surface area (Å²) in [6, 6.07) is 7.73. The minimum atomic E-state index is -0.847. The first-order chi connectivity index (χ1) is 13.7. The van der Waals surface area contributed by atoms with E-state index < -0.39 is 6.09 Å². The van der Waals surface area contributed by atoms with E-state index in [0.29, 0.717) is 19.4 Å². The van der Waals surface area contributed by atoms with Crippen LogP contribution in [-0.2, 0) is 0 Å². The van der Waals surface area contributed by atoms with Crippen LogP contribution < -0.4 is 0 Å². The number of likely N-dealkylation sites (tertiary alicyclic amines) is 2. The topological polar surface area (TPSA) is 60.9 Å². The van der Waals surface area contributed by atoms with Gasteiger partial charge in [-0.1, -0.05) is 54.4 Å². The number of hydrogen-bond donors (Lipinski definition) is 1. The van der Waals surface area contributed by atoms with Crippen LogP contribution in [0.1, 0.15) is 68.8 Å². The zero-order valence-electron chi connectivity index (χ0n) is 17.6. The lowest BCUT2D eigenvalue weighted by molar-refractivity contribution is 0.0719. The van der Waals surface area contributed by atoms with Gasteiger partial charge in [-0.15, -0.1) is 0 Å². The van der Waals surface area contributed by atoms with E-state index in [1.54, 1.807) is 4.90 Å². The zero-order valence-corrected chi connectivity index (χ0v) is 19.2. The molecule has 2 aliphatic heterocycles. The predicted molar refractivity (Wildman–Crippen MR) is 119 cm³/mol. The average Bonchev–Trinajstić information content (AvgIpc) is 2.72. The maximum Gasteiger partial charge on any atom is 0.407 e. The molecule has 1 aromatic rings. The third-order valence-corrected chi connectivity index (χ3v) is 7.07. The van der Waals surface area contributed by atoms with Crippen LogP contribution in [0.4, 0.5) is 4.79 Å². The van der Waals surface area contributed by atoms with Gasteiger partial charge in [0.15, 0.2) is 0 Å². The highest BCUT2D eigenvalue weighted by Gasteiger charge is 2.37. The molecule has 3 rings (SSSR count). The molecule has 0 aliphatic carbocycles. The van der Waals surface area contributed by atoms with Crippen molar-refractivity contribution < 1.29 is 14.7 Å². The number of nitrogens with zero attached hydrogens (tertiary/aromatic N) is 2. The Kier molecular flexibility index (Phi) is 6.72. The Morgan fingerprint density at radius 1 is 1.00 bits per heavy atom. The van der Waals surface area contributed by atoms with Crippen molar-refractivity contribution in [2.75, 3.05) is 19.6 Å². The molecule has 0 spiro atoms. The molecule has 1 N–H and O–H groups in total. The highest BCUT2D eigenvalue weighted by atomic mass is 79.9. The van der Waals surface area contributed by atoms with Gasteiger partial charge in [-0.3, -0.25) is 4.79 Å². The highest BCUT2D eigenvalue weighted by molar-refractivity contribution is 9.15. The highest BCUT2D eigenvalue weighted by Crippen LogP contribution is 2.39. The van der Waals surface area contributed by atoms with Gasteiger partial charge in [0.05, 0.1) is 0 Å². The first kappa shape index (κ1) is 21.9. The Bertz CT molecular complexity index is 789. The number of hydrogen-bond acceptors (Lipinski definition) is 2. The molecule has 6 heteroatoms. The van der Waals surface area contributed by atoms with Crippen LogP contribution in [0.25, 0.3) is 4.48 Å². The van der Waals surface area contributed by atoms with Gasteiger partial charge in [0, 0.05) is 35.7 Å². The van der Waals surface area contributed by atoms with Gasteiger partial charge < -0.3 is 14.9 Å². The lowest BCUT2D eigenvalue weighted by Gasteiger charge is -2.43. The minimum absolute atomic E-state index is 0.0590. The standard InChI is InChI=1S/C23H31BrN2O3/c1-23(2,3)19-15-18(11-14-26(19)22(28)29)20(24)16-7-9-17(10-8-16)21(27)25-12-5-4-6-13-25/h7-10,19H,4-6,11-15H2,1-3H3,(H,28,29). The predicted octanol–water partition coefficient (Wildman–Crippen LogP) is 5.61. The monoisotopic (exact) mass is 462 g/mol. The number of carboxylic acid groups (broad SMARTS) is 1. The van der Waals surface area contributed by atoms with Gasteiger partial charge >= 0.3 is 6.09 Å². The Labute approximate surface area is 181 Å². The maximum absolute atomic E-state index is 12.7. The van der Waals surface area contributed by atoms with Crippen molar-refractivity contribution in [1.82, 2.24) is 9.80 Å². The molecule has 158 valence electrons. The lowest BCUT2D eigenvalue weighted by Crippen LogP contribution is -2.50. The Hall–Kier alpha value is -1.82. The molecule has 1 unspecified atom stereocenters. The van der Waals surface area contributed by atoms with Gasteiger partial charge in [0.25, 0.3) is 5.91 Å². The molecule has 0 aromatic heterocycles. The summed E-state index contributed by atoms with van der Waals surface area (Å²) >= 11 is 3.76. The number of benzene rings is 1.